The molecule has 2 N–H and O–H groups in total. The number of aromatic nitrogens is 2. The number of hydrogen-bond acceptors (Lipinski definition) is 4. The maximum Gasteiger partial charge on any atom is 0.313 e. The molecule has 134 valence electrons. The molecule has 1 amide bonds. The first kappa shape index (κ1) is 19.1. The first-order valence-corrected chi connectivity index (χ1v) is 9.24. The van der Waals surface area contributed by atoms with Gasteiger partial charge in [0.2, 0.25) is 0 Å². The minimum atomic E-state index is -0.830. The van der Waals surface area contributed by atoms with Gasteiger partial charge in [0.05, 0.1) is 17.5 Å². The van der Waals surface area contributed by atoms with Crippen molar-refractivity contribution in [3.05, 3.63) is 47.3 Å². The Morgan fingerprint density at radius 1 is 1.36 bits per heavy atom. The molecule has 0 radical (unpaired) electrons. The molecule has 0 aliphatic rings. The van der Waals surface area contributed by atoms with Crippen molar-refractivity contribution in [1.82, 2.24) is 9.78 Å². The van der Waals surface area contributed by atoms with Crippen LogP contribution in [0.2, 0.25) is 0 Å². The summed E-state index contributed by atoms with van der Waals surface area (Å²) in [5.41, 5.74) is 3.07. The molecule has 0 fully saturated rings. The van der Waals surface area contributed by atoms with Gasteiger partial charge in [-0.05, 0) is 30.5 Å². The van der Waals surface area contributed by atoms with Crippen LogP contribution < -0.4 is 5.32 Å². The molecule has 6 nitrogen and oxygen atoms in total. The van der Waals surface area contributed by atoms with Crippen molar-refractivity contribution >= 4 is 29.3 Å². The van der Waals surface area contributed by atoms with Crippen LogP contribution in [0.1, 0.15) is 35.5 Å². The first-order chi connectivity index (χ1) is 11.9. The van der Waals surface area contributed by atoms with Crippen LogP contribution in [0, 0.1) is 12.8 Å². The van der Waals surface area contributed by atoms with Gasteiger partial charge in [-0.2, -0.15) is 5.10 Å². The van der Waals surface area contributed by atoms with E-state index in [1.807, 2.05) is 35.9 Å². The van der Waals surface area contributed by atoms with Gasteiger partial charge < -0.3 is 10.4 Å². The smallest absolute Gasteiger partial charge is 0.313 e. The molecule has 1 aromatic carbocycles. The minimum absolute atomic E-state index is 0.0603. The maximum atomic E-state index is 12.5. The van der Waals surface area contributed by atoms with Gasteiger partial charge in [-0.3, -0.25) is 14.3 Å². The van der Waals surface area contributed by atoms with Gasteiger partial charge in [0.15, 0.2) is 0 Å². The van der Waals surface area contributed by atoms with Crippen molar-refractivity contribution in [3.8, 4) is 0 Å². The number of nitrogens with zero attached hydrogens (tertiary/aromatic N) is 2. The largest absolute Gasteiger partial charge is 0.481 e. The van der Waals surface area contributed by atoms with E-state index in [9.17, 15) is 9.59 Å². The Balaban J connectivity index is 2.03. The van der Waals surface area contributed by atoms with Crippen LogP contribution in [-0.2, 0) is 17.1 Å². The molecule has 0 atom stereocenters. The molecule has 0 spiro atoms. The molecule has 0 aliphatic carbocycles. The molecular formula is C18H23N3O3S. The lowest BCUT2D eigenvalue weighted by molar-refractivity contribution is -0.133. The average Bonchev–Trinajstić information content (AvgIpc) is 2.88. The highest BCUT2D eigenvalue weighted by Crippen LogP contribution is 2.18. The third-order valence-corrected chi connectivity index (χ3v) is 4.55. The van der Waals surface area contributed by atoms with Gasteiger partial charge in [0.1, 0.15) is 0 Å². The van der Waals surface area contributed by atoms with E-state index in [0.717, 1.165) is 17.8 Å². The fourth-order valence-corrected chi connectivity index (χ4v) is 3.08. The van der Waals surface area contributed by atoms with Crippen LogP contribution in [0.5, 0.6) is 0 Å². The lowest BCUT2D eigenvalue weighted by Crippen LogP contribution is -2.14. The number of aliphatic carboxylic acids is 1. The number of nitrogens with one attached hydrogen (secondary N) is 1. The van der Waals surface area contributed by atoms with Crippen molar-refractivity contribution in [2.24, 2.45) is 5.92 Å². The van der Waals surface area contributed by atoms with Gasteiger partial charge in [0, 0.05) is 23.7 Å². The quantitative estimate of drug-likeness (QED) is 0.753. The second-order valence-corrected chi connectivity index (χ2v) is 7.25. The molecule has 7 heteroatoms. The van der Waals surface area contributed by atoms with Gasteiger partial charge in [-0.1, -0.05) is 26.0 Å². The first-order valence-electron chi connectivity index (χ1n) is 8.09. The molecule has 2 aromatic rings. The maximum absolute atomic E-state index is 12.5. The summed E-state index contributed by atoms with van der Waals surface area (Å²) in [5, 5.41) is 15.9. The van der Waals surface area contributed by atoms with E-state index in [1.54, 1.807) is 6.20 Å². The number of carbonyl (C=O) groups excluding carboxylic acids is 1. The number of amides is 1. The highest BCUT2D eigenvalue weighted by Gasteiger charge is 2.15. The number of rotatable bonds is 8. The number of hydrogen-bond donors (Lipinski definition) is 2. The van der Waals surface area contributed by atoms with Crippen molar-refractivity contribution in [2.45, 2.75) is 33.1 Å². The molecule has 0 bridgehead atoms. The molecular weight excluding hydrogens is 338 g/mol. The van der Waals surface area contributed by atoms with Gasteiger partial charge in [-0.25, -0.2) is 0 Å². The van der Waals surface area contributed by atoms with Crippen molar-refractivity contribution in [3.63, 3.8) is 0 Å². The highest BCUT2D eigenvalue weighted by atomic mass is 32.2. The molecule has 2 rings (SSSR count). The third kappa shape index (κ3) is 5.63. The van der Waals surface area contributed by atoms with E-state index >= 15 is 0 Å². The van der Waals surface area contributed by atoms with E-state index in [4.69, 9.17) is 5.11 Å². The number of carbonyl (C=O) groups is 2. The summed E-state index contributed by atoms with van der Waals surface area (Å²) in [6.07, 6.45) is 1.60. The predicted molar refractivity (Wildman–Crippen MR) is 100.0 cm³/mol. The zero-order valence-corrected chi connectivity index (χ0v) is 15.5. The summed E-state index contributed by atoms with van der Waals surface area (Å²) >= 11 is 1.32. The number of carboxylic acids is 1. The minimum Gasteiger partial charge on any atom is -0.481 e. The van der Waals surface area contributed by atoms with Crippen molar-refractivity contribution in [2.75, 3.05) is 11.1 Å². The number of carboxylic acid groups (broad SMARTS) is 1. The molecule has 1 heterocycles. The van der Waals surface area contributed by atoms with Crippen molar-refractivity contribution < 1.29 is 14.7 Å². The van der Waals surface area contributed by atoms with E-state index in [-0.39, 0.29) is 11.7 Å². The van der Waals surface area contributed by atoms with Crippen LogP contribution >= 0.6 is 11.8 Å². The molecule has 1 aromatic heterocycles. The Bertz CT molecular complexity index is 756. The normalized spacial score (nSPS) is 10.9. The van der Waals surface area contributed by atoms with Crippen LogP contribution in [0.25, 0.3) is 0 Å². The SMILES string of the molecule is Cc1c(C(=O)Nc2cccc(CSCC(=O)O)c2)cnn1CC(C)C. The van der Waals surface area contributed by atoms with Crippen LogP contribution in [0.3, 0.4) is 0 Å². The Morgan fingerprint density at radius 2 is 2.12 bits per heavy atom. The van der Waals surface area contributed by atoms with Crippen molar-refractivity contribution in [1.29, 1.82) is 0 Å². The summed E-state index contributed by atoms with van der Waals surface area (Å²) in [7, 11) is 0. The average molecular weight is 361 g/mol. The second-order valence-electron chi connectivity index (χ2n) is 6.26. The van der Waals surface area contributed by atoms with Gasteiger partial charge in [-0.15, -0.1) is 11.8 Å². The monoisotopic (exact) mass is 361 g/mol. The molecule has 25 heavy (non-hydrogen) atoms. The van der Waals surface area contributed by atoms with E-state index in [1.165, 1.54) is 11.8 Å². The number of thioether (sulfide) groups is 1. The number of benzene rings is 1. The van der Waals surface area contributed by atoms with E-state index in [0.29, 0.717) is 22.9 Å². The lowest BCUT2D eigenvalue weighted by atomic mass is 10.2. The Kier molecular flexibility index (Phi) is 6.64. The summed E-state index contributed by atoms with van der Waals surface area (Å²) in [6, 6.07) is 7.44. The van der Waals surface area contributed by atoms with Gasteiger partial charge in [0.25, 0.3) is 5.91 Å². The Hall–Kier alpha value is -2.28. The highest BCUT2D eigenvalue weighted by molar-refractivity contribution is 7.99. The summed E-state index contributed by atoms with van der Waals surface area (Å²) in [6.45, 7) is 6.88. The fourth-order valence-electron chi connectivity index (χ4n) is 2.39. The Labute approximate surface area is 151 Å². The standard InChI is InChI=1S/C18H23N3O3S/c1-12(2)9-21-13(3)16(8-19-21)18(24)20-15-6-4-5-14(7-15)10-25-11-17(22)23/h4-8,12H,9-11H2,1-3H3,(H,20,24)(H,22,23). The van der Waals surface area contributed by atoms with E-state index < -0.39 is 5.97 Å². The Morgan fingerprint density at radius 3 is 2.80 bits per heavy atom. The molecule has 0 saturated heterocycles. The topological polar surface area (TPSA) is 84.2 Å². The lowest BCUT2D eigenvalue weighted by Gasteiger charge is -2.09. The second kappa shape index (κ2) is 8.71. The van der Waals surface area contributed by atoms with Crippen LogP contribution in [0.15, 0.2) is 30.5 Å². The molecule has 0 aliphatic heterocycles. The van der Waals surface area contributed by atoms with E-state index in [2.05, 4.69) is 24.3 Å². The summed E-state index contributed by atoms with van der Waals surface area (Å²) < 4.78 is 1.85. The third-order valence-electron chi connectivity index (χ3n) is 3.57. The zero-order chi connectivity index (χ0) is 18.4. The zero-order valence-electron chi connectivity index (χ0n) is 14.7. The van der Waals surface area contributed by atoms with Crippen LogP contribution in [0.4, 0.5) is 5.69 Å². The predicted octanol–water partition coefficient (Wildman–Crippen LogP) is 3.42. The van der Waals surface area contributed by atoms with Crippen LogP contribution in [-0.4, -0.2) is 32.5 Å². The molecule has 0 unspecified atom stereocenters. The summed E-state index contributed by atoms with van der Waals surface area (Å²) in [5.74, 6) is 0.0762. The molecule has 0 saturated carbocycles. The fraction of sp³-hybridized carbons (Fsp3) is 0.389. The van der Waals surface area contributed by atoms with Gasteiger partial charge >= 0.3 is 5.97 Å². The number of anilines is 1. The summed E-state index contributed by atoms with van der Waals surface area (Å²) in [4.78, 5) is 23.1.